The van der Waals surface area contributed by atoms with Crippen LogP contribution in [0.5, 0.6) is 0 Å². The molecular weight excluding hydrogens is 292 g/mol. The van der Waals surface area contributed by atoms with Crippen molar-refractivity contribution >= 4 is 5.69 Å². The predicted molar refractivity (Wildman–Crippen MR) is 104 cm³/mol. The summed E-state index contributed by atoms with van der Waals surface area (Å²) in [5.74, 6) is 0.658. The fourth-order valence-corrected chi connectivity index (χ4v) is 3.37. The summed E-state index contributed by atoms with van der Waals surface area (Å²) in [6.45, 7) is 12.3. The quantitative estimate of drug-likeness (QED) is 0.778. The first kappa shape index (κ1) is 17.0. The van der Waals surface area contributed by atoms with Gasteiger partial charge in [-0.05, 0) is 42.5 Å². The minimum Gasteiger partial charge on any atom is -0.369 e. The number of anilines is 1. The molecule has 2 aromatic rings. The Morgan fingerprint density at radius 3 is 2.08 bits per heavy atom. The van der Waals surface area contributed by atoms with Gasteiger partial charge in [-0.3, -0.25) is 4.90 Å². The molecule has 3 rings (SSSR count). The second-order valence-electron chi connectivity index (χ2n) is 7.15. The standard InChI is InChI=1S/C22H30N2/c1-4-19(3)21-9-11-22(12-10-21)24-15-13-23(14-16-24)17-20-7-5-18(2)6-8-20/h5-12,19H,4,13-17H2,1-3H3. The molecule has 1 fully saturated rings. The molecule has 0 bridgehead atoms. The minimum absolute atomic E-state index is 0.658. The van der Waals surface area contributed by atoms with Gasteiger partial charge in [-0.1, -0.05) is 55.8 Å². The van der Waals surface area contributed by atoms with Gasteiger partial charge in [0.25, 0.3) is 0 Å². The smallest absolute Gasteiger partial charge is 0.0367 e. The van der Waals surface area contributed by atoms with E-state index in [2.05, 4.69) is 79.1 Å². The first-order valence-corrected chi connectivity index (χ1v) is 9.28. The number of hydrogen-bond donors (Lipinski definition) is 0. The summed E-state index contributed by atoms with van der Waals surface area (Å²) in [5.41, 5.74) is 5.59. The normalized spacial score (nSPS) is 17.0. The van der Waals surface area contributed by atoms with E-state index in [4.69, 9.17) is 0 Å². The van der Waals surface area contributed by atoms with E-state index in [0.29, 0.717) is 5.92 Å². The molecule has 0 spiro atoms. The molecule has 1 atom stereocenters. The van der Waals surface area contributed by atoms with E-state index < -0.39 is 0 Å². The molecule has 2 aromatic carbocycles. The van der Waals surface area contributed by atoms with Crippen LogP contribution in [0.1, 0.15) is 42.9 Å². The van der Waals surface area contributed by atoms with Gasteiger partial charge in [-0.25, -0.2) is 0 Å². The molecule has 0 aliphatic carbocycles. The molecule has 0 radical (unpaired) electrons. The van der Waals surface area contributed by atoms with Gasteiger partial charge in [0.15, 0.2) is 0 Å². The summed E-state index contributed by atoms with van der Waals surface area (Å²) in [5, 5.41) is 0. The van der Waals surface area contributed by atoms with Crippen LogP contribution in [0.25, 0.3) is 0 Å². The van der Waals surface area contributed by atoms with E-state index in [1.807, 2.05) is 0 Å². The molecule has 24 heavy (non-hydrogen) atoms. The minimum atomic E-state index is 0.658. The van der Waals surface area contributed by atoms with Crippen LogP contribution in [0.3, 0.4) is 0 Å². The van der Waals surface area contributed by atoms with Gasteiger partial charge < -0.3 is 4.90 Å². The second-order valence-corrected chi connectivity index (χ2v) is 7.15. The highest BCUT2D eigenvalue weighted by Gasteiger charge is 2.17. The summed E-state index contributed by atoms with van der Waals surface area (Å²) in [6, 6.07) is 18.2. The van der Waals surface area contributed by atoms with Crippen LogP contribution in [0.2, 0.25) is 0 Å². The molecule has 2 heteroatoms. The van der Waals surface area contributed by atoms with Crippen molar-refractivity contribution in [2.45, 2.75) is 39.7 Å². The van der Waals surface area contributed by atoms with Gasteiger partial charge in [-0.15, -0.1) is 0 Å². The first-order valence-electron chi connectivity index (χ1n) is 9.28. The number of benzene rings is 2. The van der Waals surface area contributed by atoms with Crippen molar-refractivity contribution < 1.29 is 0 Å². The lowest BCUT2D eigenvalue weighted by Crippen LogP contribution is -2.45. The molecule has 0 amide bonds. The molecule has 1 saturated heterocycles. The Morgan fingerprint density at radius 2 is 1.50 bits per heavy atom. The van der Waals surface area contributed by atoms with E-state index in [9.17, 15) is 0 Å². The predicted octanol–water partition coefficient (Wildman–Crippen LogP) is 4.83. The summed E-state index contributed by atoms with van der Waals surface area (Å²) in [7, 11) is 0. The van der Waals surface area contributed by atoms with Crippen LogP contribution in [-0.2, 0) is 6.54 Å². The van der Waals surface area contributed by atoms with Crippen LogP contribution >= 0.6 is 0 Å². The zero-order chi connectivity index (χ0) is 16.9. The molecule has 1 aliphatic heterocycles. The lowest BCUT2D eigenvalue weighted by molar-refractivity contribution is 0.250. The Kier molecular flexibility index (Phi) is 5.57. The number of nitrogens with zero attached hydrogens (tertiary/aromatic N) is 2. The molecule has 0 aromatic heterocycles. The number of rotatable bonds is 5. The molecule has 1 aliphatic rings. The Balaban J connectivity index is 1.54. The lowest BCUT2D eigenvalue weighted by Gasteiger charge is -2.36. The van der Waals surface area contributed by atoms with Crippen molar-refractivity contribution in [3.8, 4) is 0 Å². The maximum Gasteiger partial charge on any atom is 0.0367 e. The second kappa shape index (κ2) is 7.85. The van der Waals surface area contributed by atoms with Crippen molar-refractivity contribution in [3.05, 3.63) is 65.2 Å². The number of hydrogen-bond acceptors (Lipinski definition) is 2. The van der Waals surface area contributed by atoms with Crippen molar-refractivity contribution in [3.63, 3.8) is 0 Å². The van der Waals surface area contributed by atoms with Crippen LogP contribution in [0, 0.1) is 6.92 Å². The van der Waals surface area contributed by atoms with Crippen molar-refractivity contribution in [1.29, 1.82) is 0 Å². The number of aryl methyl sites for hydroxylation is 1. The maximum absolute atomic E-state index is 2.56. The SMILES string of the molecule is CCC(C)c1ccc(N2CCN(Cc3ccc(C)cc3)CC2)cc1. The van der Waals surface area contributed by atoms with Gasteiger partial charge in [0, 0.05) is 38.4 Å². The van der Waals surface area contributed by atoms with Crippen LogP contribution in [0.15, 0.2) is 48.5 Å². The molecular formula is C22H30N2. The molecule has 1 unspecified atom stereocenters. The summed E-state index contributed by atoms with van der Waals surface area (Å²) in [6.07, 6.45) is 1.21. The summed E-state index contributed by atoms with van der Waals surface area (Å²) < 4.78 is 0. The third kappa shape index (κ3) is 4.18. The monoisotopic (exact) mass is 322 g/mol. The lowest BCUT2D eigenvalue weighted by atomic mass is 9.98. The zero-order valence-corrected chi connectivity index (χ0v) is 15.3. The average Bonchev–Trinajstić information content (AvgIpc) is 2.64. The Hall–Kier alpha value is -1.80. The fraction of sp³-hybridized carbons (Fsp3) is 0.455. The first-order chi connectivity index (χ1) is 11.7. The largest absolute Gasteiger partial charge is 0.369 e. The Labute approximate surface area is 147 Å². The summed E-state index contributed by atoms with van der Waals surface area (Å²) >= 11 is 0. The van der Waals surface area contributed by atoms with Crippen molar-refractivity contribution in [2.24, 2.45) is 0 Å². The van der Waals surface area contributed by atoms with Crippen LogP contribution in [-0.4, -0.2) is 31.1 Å². The van der Waals surface area contributed by atoms with E-state index in [1.54, 1.807) is 0 Å². The molecule has 2 nitrogen and oxygen atoms in total. The van der Waals surface area contributed by atoms with Crippen LogP contribution in [0.4, 0.5) is 5.69 Å². The van der Waals surface area contributed by atoms with Crippen LogP contribution < -0.4 is 4.90 Å². The Bertz CT molecular complexity index is 622. The van der Waals surface area contributed by atoms with E-state index >= 15 is 0 Å². The zero-order valence-electron chi connectivity index (χ0n) is 15.3. The molecule has 0 saturated carbocycles. The van der Waals surface area contributed by atoms with E-state index in [-0.39, 0.29) is 0 Å². The third-order valence-corrected chi connectivity index (χ3v) is 5.34. The van der Waals surface area contributed by atoms with E-state index in [0.717, 1.165) is 32.7 Å². The number of piperazine rings is 1. The topological polar surface area (TPSA) is 6.48 Å². The molecule has 128 valence electrons. The molecule has 1 heterocycles. The van der Waals surface area contributed by atoms with Gasteiger partial charge in [-0.2, -0.15) is 0 Å². The van der Waals surface area contributed by atoms with Crippen molar-refractivity contribution in [2.75, 3.05) is 31.1 Å². The highest BCUT2D eigenvalue weighted by Crippen LogP contribution is 2.23. The van der Waals surface area contributed by atoms with E-state index in [1.165, 1.54) is 28.8 Å². The van der Waals surface area contributed by atoms with Gasteiger partial charge in [0.1, 0.15) is 0 Å². The molecule has 0 N–H and O–H groups in total. The Morgan fingerprint density at radius 1 is 0.875 bits per heavy atom. The average molecular weight is 322 g/mol. The highest BCUT2D eigenvalue weighted by molar-refractivity contribution is 5.48. The van der Waals surface area contributed by atoms with Gasteiger partial charge in [0.05, 0.1) is 0 Å². The summed E-state index contributed by atoms with van der Waals surface area (Å²) in [4.78, 5) is 5.08. The van der Waals surface area contributed by atoms with Crippen molar-refractivity contribution in [1.82, 2.24) is 4.90 Å². The third-order valence-electron chi connectivity index (χ3n) is 5.34. The van der Waals surface area contributed by atoms with Gasteiger partial charge in [0.2, 0.25) is 0 Å². The maximum atomic E-state index is 2.56. The highest BCUT2D eigenvalue weighted by atomic mass is 15.3. The van der Waals surface area contributed by atoms with Gasteiger partial charge >= 0.3 is 0 Å². The fourth-order valence-electron chi connectivity index (χ4n) is 3.37.